The number of nitriles is 1. The molecule has 0 aromatic heterocycles. The second-order valence-corrected chi connectivity index (χ2v) is 9.35. The molecule has 2 fully saturated rings. The van der Waals surface area contributed by atoms with Gasteiger partial charge >= 0.3 is 5.97 Å². The second kappa shape index (κ2) is 12.0. The number of carbonyl (C=O) groups excluding carboxylic acids is 1. The van der Waals surface area contributed by atoms with Crippen LogP contribution in [0.2, 0.25) is 0 Å². The SMILES string of the molecule is CCCCCc1ccc(C2CCC(C(=O)OC3CCC(/C=C(/F)C#N)CC3)CC2)cc1. The number of allylic oxidation sites excluding steroid dienone is 2. The van der Waals surface area contributed by atoms with E-state index < -0.39 is 5.83 Å². The fraction of sp³-hybridized carbons (Fsp3) is 0.630. The van der Waals surface area contributed by atoms with Crippen molar-refractivity contribution in [2.75, 3.05) is 0 Å². The van der Waals surface area contributed by atoms with E-state index in [1.807, 2.05) is 0 Å². The zero-order valence-electron chi connectivity index (χ0n) is 18.8. The van der Waals surface area contributed by atoms with E-state index >= 15 is 0 Å². The van der Waals surface area contributed by atoms with Gasteiger partial charge in [0.15, 0.2) is 5.83 Å². The molecule has 0 amide bonds. The Balaban J connectivity index is 1.39. The Bertz CT molecular complexity index is 763. The molecule has 2 saturated carbocycles. The zero-order valence-corrected chi connectivity index (χ0v) is 18.8. The lowest BCUT2D eigenvalue weighted by atomic mass is 9.78. The minimum Gasteiger partial charge on any atom is -0.462 e. The molecule has 2 aliphatic rings. The van der Waals surface area contributed by atoms with Crippen LogP contribution in [0.15, 0.2) is 36.2 Å². The average molecular weight is 426 g/mol. The standard InChI is InChI=1S/C27H36FNO2/c1-2-3-4-5-20-6-10-22(11-7-20)23-12-14-24(15-13-23)27(30)31-26-16-8-21(9-17-26)18-25(28)19-29/h6-7,10-11,18,21,23-24,26H,2-5,8-9,12-17H2,1H3/b25-18+. The first-order valence-corrected chi connectivity index (χ1v) is 12.2. The molecule has 2 aliphatic carbocycles. The van der Waals surface area contributed by atoms with E-state index in [9.17, 15) is 9.18 Å². The fourth-order valence-electron chi connectivity index (χ4n) is 5.08. The van der Waals surface area contributed by atoms with Crippen molar-refractivity contribution >= 4 is 5.97 Å². The molecule has 1 aromatic carbocycles. The molecular formula is C27H36FNO2. The van der Waals surface area contributed by atoms with Crippen LogP contribution in [-0.2, 0) is 16.0 Å². The Labute approximate surface area is 186 Å². The van der Waals surface area contributed by atoms with Gasteiger partial charge in [0, 0.05) is 0 Å². The highest BCUT2D eigenvalue weighted by Gasteiger charge is 2.31. The number of aryl methyl sites for hydroxylation is 1. The number of unbranched alkanes of at least 4 members (excludes halogenated alkanes) is 2. The molecule has 1 aromatic rings. The van der Waals surface area contributed by atoms with Gasteiger partial charge in [-0.2, -0.15) is 9.65 Å². The van der Waals surface area contributed by atoms with Crippen molar-refractivity contribution in [3.63, 3.8) is 0 Å². The fourth-order valence-corrected chi connectivity index (χ4v) is 5.08. The highest BCUT2D eigenvalue weighted by atomic mass is 19.1. The maximum Gasteiger partial charge on any atom is 0.309 e. The Morgan fingerprint density at radius 2 is 1.74 bits per heavy atom. The van der Waals surface area contributed by atoms with Crippen molar-refractivity contribution < 1.29 is 13.9 Å². The number of benzene rings is 1. The van der Waals surface area contributed by atoms with Gasteiger partial charge in [-0.1, -0.05) is 44.0 Å². The largest absolute Gasteiger partial charge is 0.462 e. The molecule has 3 rings (SSSR count). The van der Waals surface area contributed by atoms with Crippen LogP contribution >= 0.6 is 0 Å². The summed E-state index contributed by atoms with van der Waals surface area (Å²) >= 11 is 0. The predicted molar refractivity (Wildman–Crippen MR) is 121 cm³/mol. The normalized spacial score (nSPS) is 26.8. The molecule has 0 saturated heterocycles. The van der Waals surface area contributed by atoms with Crippen molar-refractivity contribution in [1.82, 2.24) is 0 Å². The minimum atomic E-state index is -0.705. The number of hydrogen-bond donors (Lipinski definition) is 0. The average Bonchev–Trinajstić information content (AvgIpc) is 2.81. The first-order valence-electron chi connectivity index (χ1n) is 12.2. The smallest absolute Gasteiger partial charge is 0.309 e. The number of nitrogens with zero attached hydrogens (tertiary/aromatic N) is 1. The summed E-state index contributed by atoms with van der Waals surface area (Å²) in [6, 6.07) is 10.7. The van der Waals surface area contributed by atoms with E-state index in [4.69, 9.17) is 10.00 Å². The van der Waals surface area contributed by atoms with E-state index in [2.05, 4.69) is 31.2 Å². The van der Waals surface area contributed by atoms with E-state index in [0.717, 1.165) is 57.8 Å². The molecular weight excluding hydrogens is 389 g/mol. The first-order chi connectivity index (χ1) is 15.1. The quantitative estimate of drug-likeness (QED) is 0.252. The van der Waals surface area contributed by atoms with Crippen molar-refractivity contribution in [1.29, 1.82) is 5.26 Å². The summed E-state index contributed by atoms with van der Waals surface area (Å²) < 4.78 is 18.9. The molecule has 0 unspecified atom stereocenters. The van der Waals surface area contributed by atoms with E-state index in [1.165, 1.54) is 42.5 Å². The van der Waals surface area contributed by atoms with Gasteiger partial charge in [0.05, 0.1) is 5.92 Å². The number of halogens is 1. The van der Waals surface area contributed by atoms with Crippen LogP contribution in [0.5, 0.6) is 0 Å². The molecule has 0 N–H and O–H groups in total. The summed E-state index contributed by atoms with van der Waals surface area (Å²) in [6.45, 7) is 2.23. The van der Waals surface area contributed by atoms with Crippen LogP contribution in [0, 0.1) is 23.2 Å². The number of ether oxygens (including phenoxy) is 1. The summed E-state index contributed by atoms with van der Waals surface area (Å²) in [5.41, 5.74) is 2.83. The van der Waals surface area contributed by atoms with Crippen molar-refractivity contribution in [3.8, 4) is 6.07 Å². The summed E-state index contributed by atoms with van der Waals surface area (Å²) in [5.74, 6) is -0.109. The van der Waals surface area contributed by atoms with Gasteiger partial charge in [-0.15, -0.1) is 0 Å². The van der Waals surface area contributed by atoms with Gasteiger partial charge in [-0.25, -0.2) is 0 Å². The van der Waals surface area contributed by atoms with Gasteiger partial charge in [0.1, 0.15) is 12.2 Å². The van der Waals surface area contributed by atoms with Crippen LogP contribution < -0.4 is 0 Å². The first kappa shape index (κ1) is 23.5. The van der Waals surface area contributed by atoms with Crippen molar-refractivity contribution in [2.45, 2.75) is 96.0 Å². The predicted octanol–water partition coefficient (Wildman–Crippen LogP) is 7.17. The molecule has 0 radical (unpaired) electrons. The number of esters is 1. The van der Waals surface area contributed by atoms with Crippen LogP contribution in [-0.4, -0.2) is 12.1 Å². The number of hydrogen-bond acceptors (Lipinski definition) is 3. The Kier molecular flexibility index (Phi) is 9.13. The van der Waals surface area contributed by atoms with Gasteiger partial charge in [-0.05, 0) is 93.2 Å². The molecule has 0 heterocycles. The lowest BCUT2D eigenvalue weighted by Gasteiger charge is -2.31. The lowest BCUT2D eigenvalue weighted by Crippen LogP contribution is -2.29. The van der Waals surface area contributed by atoms with E-state index in [0.29, 0.717) is 5.92 Å². The summed E-state index contributed by atoms with van der Waals surface area (Å²) in [5, 5.41) is 8.56. The third-order valence-corrected chi connectivity index (χ3v) is 7.07. The topological polar surface area (TPSA) is 50.1 Å². The zero-order chi connectivity index (χ0) is 22.1. The summed E-state index contributed by atoms with van der Waals surface area (Å²) in [4.78, 5) is 12.6. The minimum absolute atomic E-state index is 0.0122. The van der Waals surface area contributed by atoms with Crippen LogP contribution in [0.25, 0.3) is 0 Å². The summed E-state index contributed by atoms with van der Waals surface area (Å²) in [6.07, 6.45) is 13.3. The van der Waals surface area contributed by atoms with Crippen LogP contribution in [0.3, 0.4) is 0 Å². The Hall–Kier alpha value is -2.15. The molecule has 4 heteroatoms. The molecule has 168 valence electrons. The van der Waals surface area contributed by atoms with Crippen LogP contribution in [0.4, 0.5) is 4.39 Å². The highest BCUT2D eigenvalue weighted by Crippen LogP contribution is 2.37. The van der Waals surface area contributed by atoms with Gasteiger partial charge in [0.2, 0.25) is 0 Å². The molecule has 0 spiro atoms. The van der Waals surface area contributed by atoms with Gasteiger partial charge in [0.25, 0.3) is 0 Å². The Morgan fingerprint density at radius 1 is 1.06 bits per heavy atom. The highest BCUT2D eigenvalue weighted by molar-refractivity contribution is 5.72. The second-order valence-electron chi connectivity index (χ2n) is 9.35. The van der Waals surface area contributed by atoms with Crippen molar-refractivity contribution in [3.05, 3.63) is 47.3 Å². The van der Waals surface area contributed by atoms with Gasteiger partial charge in [-0.3, -0.25) is 4.79 Å². The molecule has 3 nitrogen and oxygen atoms in total. The summed E-state index contributed by atoms with van der Waals surface area (Å²) in [7, 11) is 0. The number of rotatable bonds is 8. The number of carbonyl (C=O) groups is 1. The third-order valence-electron chi connectivity index (χ3n) is 7.07. The van der Waals surface area contributed by atoms with Gasteiger partial charge < -0.3 is 4.74 Å². The van der Waals surface area contributed by atoms with E-state index in [-0.39, 0.29) is 23.9 Å². The van der Waals surface area contributed by atoms with Crippen molar-refractivity contribution in [2.24, 2.45) is 11.8 Å². The maximum atomic E-state index is 13.1. The molecule has 0 aliphatic heterocycles. The molecule has 0 atom stereocenters. The maximum absolute atomic E-state index is 13.1. The third kappa shape index (κ3) is 7.20. The van der Waals surface area contributed by atoms with E-state index in [1.54, 1.807) is 0 Å². The monoisotopic (exact) mass is 425 g/mol. The lowest BCUT2D eigenvalue weighted by molar-refractivity contribution is -0.157. The Morgan fingerprint density at radius 3 is 2.35 bits per heavy atom. The van der Waals surface area contributed by atoms with Crippen LogP contribution in [0.1, 0.15) is 94.6 Å². The molecule has 31 heavy (non-hydrogen) atoms. The molecule has 0 bridgehead atoms.